The van der Waals surface area contributed by atoms with E-state index in [1.165, 1.54) is 24.3 Å². The number of ether oxygens (including phenoxy) is 1. The highest BCUT2D eigenvalue weighted by molar-refractivity contribution is 6.31. The molecule has 4 aromatic rings. The van der Waals surface area contributed by atoms with Crippen LogP contribution in [-0.2, 0) is 10.9 Å². The van der Waals surface area contributed by atoms with E-state index in [9.17, 15) is 22.8 Å². The Morgan fingerprint density at radius 2 is 1.85 bits per heavy atom. The number of carbonyl (C=O) groups is 2. The minimum atomic E-state index is -4.72. The van der Waals surface area contributed by atoms with E-state index in [1.807, 2.05) is 0 Å². The molecule has 3 aromatic carbocycles. The SMILES string of the molecule is Cc1c(Cl)cccc1NC(=O)c1cc(NC(=O)c2ccccc2C(F)(F)F)cc2[nH]c(NC[C@@H]3CCCO3)nc12. The van der Waals surface area contributed by atoms with Crippen molar-refractivity contribution in [1.29, 1.82) is 0 Å². The highest BCUT2D eigenvalue weighted by Crippen LogP contribution is 2.33. The molecule has 2 heterocycles. The molecule has 40 heavy (non-hydrogen) atoms. The maximum atomic E-state index is 13.5. The second-order valence-electron chi connectivity index (χ2n) is 9.39. The van der Waals surface area contributed by atoms with Crippen molar-refractivity contribution in [2.24, 2.45) is 0 Å². The second-order valence-corrected chi connectivity index (χ2v) is 9.79. The summed E-state index contributed by atoms with van der Waals surface area (Å²) in [6, 6.07) is 12.4. The maximum absolute atomic E-state index is 13.5. The average molecular weight is 572 g/mol. The van der Waals surface area contributed by atoms with Crippen LogP contribution < -0.4 is 16.0 Å². The number of amides is 2. The summed E-state index contributed by atoms with van der Waals surface area (Å²) in [5.74, 6) is -1.13. The van der Waals surface area contributed by atoms with Crippen molar-refractivity contribution in [3.8, 4) is 0 Å². The Labute approximate surface area is 232 Å². The predicted molar refractivity (Wildman–Crippen MR) is 147 cm³/mol. The molecular formula is C28H25ClF3N5O3. The van der Waals surface area contributed by atoms with Gasteiger partial charge in [-0.25, -0.2) is 4.98 Å². The summed E-state index contributed by atoms with van der Waals surface area (Å²) in [7, 11) is 0. The molecule has 208 valence electrons. The summed E-state index contributed by atoms with van der Waals surface area (Å²) < 4.78 is 46.2. The number of benzene rings is 3. The van der Waals surface area contributed by atoms with Crippen molar-refractivity contribution in [3.05, 3.63) is 81.9 Å². The van der Waals surface area contributed by atoms with E-state index in [4.69, 9.17) is 16.3 Å². The number of aromatic amines is 1. The molecule has 12 heteroatoms. The first-order chi connectivity index (χ1) is 19.1. The molecule has 1 aliphatic rings. The monoisotopic (exact) mass is 571 g/mol. The van der Waals surface area contributed by atoms with Crippen LogP contribution in [0.3, 0.4) is 0 Å². The van der Waals surface area contributed by atoms with Crippen molar-refractivity contribution in [2.45, 2.75) is 32.0 Å². The number of anilines is 3. The summed E-state index contributed by atoms with van der Waals surface area (Å²) in [6.07, 6.45) is -2.80. The first-order valence-electron chi connectivity index (χ1n) is 12.5. The Bertz CT molecular complexity index is 1580. The summed E-state index contributed by atoms with van der Waals surface area (Å²) >= 11 is 6.20. The minimum absolute atomic E-state index is 0.0327. The van der Waals surface area contributed by atoms with Crippen LogP contribution in [0.15, 0.2) is 54.6 Å². The lowest BCUT2D eigenvalue weighted by Gasteiger charge is -2.14. The van der Waals surface area contributed by atoms with Crippen molar-refractivity contribution < 1.29 is 27.5 Å². The molecule has 0 spiro atoms. The van der Waals surface area contributed by atoms with Crippen LogP contribution in [0.5, 0.6) is 0 Å². The molecule has 1 aliphatic heterocycles. The molecule has 5 rings (SSSR count). The van der Waals surface area contributed by atoms with Crippen LogP contribution in [0.2, 0.25) is 5.02 Å². The fourth-order valence-electron chi connectivity index (χ4n) is 4.52. The standard InChI is InChI=1S/C28H25ClF3N5O3/c1-15-21(29)9-4-10-22(15)35-26(39)19-12-16(34-25(38)18-7-2-3-8-20(18)28(30,31)32)13-23-24(19)37-27(36-23)33-14-17-6-5-11-40-17/h2-4,7-10,12-13,17H,5-6,11,14H2,1H3,(H,34,38)(H,35,39)(H2,33,36,37)/t17-/m0/s1. The lowest BCUT2D eigenvalue weighted by Crippen LogP contribution is -2.19. The van der Waals surface area contributed by atoms with Crippen LogP contribution >= 0.6 is 11.6 Å². The lowest BCUT2D eigenvalue weighted by atomic mass is 10.1. The molecular weight excluding hydrogens is 547 g/mol. The van der Waals surface area contributed by atoms with Crippen molar-refractivity contribution in [3.63, 3.8) is 0 Å². The number of halogens is 4. The minimum Gasteiger partial charge on any atom is -0.376 e. The van der Waals surface area contributed by atoms with Gasteiger partial charge in [0.05, 0.1) is 28.3 Å². The van der Waals surface area contributed by atoms with E-state index in [-0.39, 0.29) is 17.4 Å². The topological polar surface area (TPSA) is 108 Å². The van der Waals surface area contributed by atoms with Gasteiger partial charge >= 0.3 is 6.18 Å². The van der Waals surface area contributed by atoms with Gasteiger partial charge in [0.2, 0.25) is 5.95 Å². The number of H-pyrrole nitrogens is 1. The molecule has 1 atom stereocenters. The third kappa shape index (κ3) is 5.90. The molecule has 1 saturated heterocycles. The summed E-state index contributed by atoms with van der Waals surface area (Å²) in [5.41, 5.74) is 0.429. The van der Waals surface area contributed by atoms with E-state index < -0.39 is 29.1 Å². The van der Waals surface area contributed by atoms with E-state index in [2.05, 4.69) is 25.9 Å². The molecule has 0 aliphatic carbocycles. The smallest absolute Gasteiger partial charge is 0.376 e. The van der Waals surface area contributed by atoms with Crippen molar-refractivity contribution in [2.75, 3.05) is 29.1 Å². The number of alkyl halides is 3. The fourth-order valence-corrected chi connectivity index (χ4v) is 4.70. The third-order valence-electron chi connectivity index (χ3n) is 6.60. The van der Waals surface area contributed by atoms with Gasteiger partial charge in [0.1, 0.15) is 5.52 Å². The molecule has 1 fully saturated rings. The van der Waals surface area contributed by atoms with Gasteiger partial charge < -0.3 is 25.7 Å². The molecule has 0 saturated carbocycles. The van der Waals surface area contributed by atoms with Gasteiger partial charge in [-0.05, 0) is 61.7 Å². The quantitative estimate of drug-likeness (QED) is 0.199. The maximum Gasteiger partial charge on any atom is 0.417 e. The summed E-state index contributed by atoms with van der Waals surface area (Å²) in [5, 5.41) is 8.94. The van der Waals surface area contributed by atoms with Crippen LogP contribution in [0, 0.1) is 6.92 Å². The van der Waals surface area contributed by atoms with Gasteiger partial charge in [0.25, 0.3) is 11.8 Å². The van der Waals surface area contributed by atoms with Crippen molar-refractivity contribution in [1.82, 2.24) is 9.97 Å². The molecule has 0 radical (unpaired) electrons. The van der Waals surface area contributed by atoms with Gasteiger partial charge in [-0.3, -0.25) is 9.59 Å². The second kappa shape index (κ2) is 11.2. The zero-order valence-electron chi connectivity index (χ0n) is 21.3. The Balaban J connectivity index is 1.49. The fraction of sp³-hybridized carbons (Fsp3) is 0.250. The average Bonchev–Trinajstić information content (AvgIpc) is 3.59. The van der Waals surface area contributed by atoms with Crippen molar-refractivity contribution >= 4 is 51.8 Å². The lowest BCUT2D eigenvalue weighted by molar-refractivity contribution is -0.137. The Morgan fingerprint density at radius 3 is 2.60 bits per heavy atom. The van der Waals surface area contributed by atoms with Crippen LogP contribution in [0.25, 0.3) is 11.0 Å². The highest BCUT2D eigenvalue weighted by Gasteiger charge is 2.35. The molecule has 0 bridgehead atoms. The number of hydrogen-bond acceptors (Lipinski definition) is 5. The summed E-state index contributed by atoms with van der Waals surface area (Å²) in [4.78, 5) is 34.0. The molecule has 1 aromatic heterocycles. The van der Waals surface area contributed by atoms with Crippen LogP contribution in [0.4, 0.5) is 30.5 Å². The number of nitrogens with one attached hydrogen (secondary N) is 4. The van der Waals surface area contributed by atoms with Crippen LogP contribution in [0.1, 0.15) is 44.7 Å². The highest BCUT2D eigenvalue weighted by atomic mass is 35.5. The Kier molecular flexibility index (Phi) is 7.68. The predicted octanol–water partition coefficient (Wildman–Crippen LogP) is 6.64. The number of aromatic nitrogens is 2. The van der Waals surface area contributed by atoms with E-state index in [0.717, 1.165) is 25.0 Å². The number of carbonyl (C=O) groups excluding carboxylic acids is 2. The normalized spacial score (nSPS) is 15.3. The number of imidazole rings is 1. The first kappa shape index (κ1) is 27.5. The Morgan fingerprint density at radius 1 is 1.07 bits per heavy atom. The van der Waals surface area contributed by atoms with E-state index >= 15 is 0 Å². The Hall–Kier alpha value is -4.09. The van der Waals surface area contributed by atoms with Gasteiger partial charge in [-0.1, -0.05) is 29.8 Å². The number of fused-ring (bicyclic) bond motifs is 1. The van der Waals surface area contributed by atoms with Gasteiger partial charge in [-0.2, -0.15) is 13.2 Å². The zero-order chi connectivity index (χ0) is 28.4. The molecule has 2 amide bonds. The molecule has 8 nitrogen and oxygen atoms in total. The summed E-state index contributed by atoms with van der Waals surface area (Å²) in [6.45, 7) is 2.95. The molecule has 0 unspecified atom stereocenters. The van der Waals surface area contributed by atoms with Gasteiger partial charge in [-0.15, -0.1) is 0 Å². The van der Waals surface area contributed by atoms with Crippen LogP contribution in [-0.4, -0.2) is 41.0 Å². The zero-order valence-corrected chi connectivity index (χ0v) is 22.0. The largest absolute Gasteiger partial charge is 0.417 e. The van der Waals surface area contributed by atoms with E-state index in [1.54, 1.807) is 25.1 Å². The third-order valence-corrected chi connectivity index (χ3v) is 7.01. The molecule has 4 N–H and O–H groups in total. The van der Waals surface area contributed by atoms with E-state index in [0.29, 0.717) is 46.4 Å². The van der Waals surface area contributed by atoms with Gasteiger partial charge in [0, 0.05) is 29.5 Å². The number of hydrogen-bond donors (Lipinski definition) is 4. The number of rotatable bonds is 7. The number of nitrogens with zero attached hydrogens (tertiary/aromatic N) is 1. The first-order valence-corrected chi connectivity index (χ1v) is 12.9. The van der Waals surface area contributed by atoms with Gasteiger partial charge in [0.15, 0.2) is 0 Å².